The van der Waals surface area contributed by atoms with Crippen LogP contribution in [0.25, 0.3) is 0 Å². The van der Waals surface area contributed by atoms with Crippen molar-refractivity contribution >= 4 is 11.4 Å². The molecule has 0 saturated carbocycles. The van der Waals surface area contributed by atoms with E-state index in [1.807, 2.05) is 24.3 Å². The van der Waals surface area contributed by atoms with E-state index >= 15 is 0 Å². The summed E-state index contributed by atoms with van der Waals surface area (Å²) in [6, 6.07) is 10.6. The fourth-order valence-corrected chi connectivity index (χ4v) is 2.07. The molecule has 0 N–H and O–H groups in total. The highest BCUT2D eigenvalue weighted by Gasteiger charge is 2.08. The number of rotatable bonds is 6. The molecule has 0 bridgehead atoms. The van der Waals surface area contributed by atoms with Crippen LogP contribution in [0.1, 0.15) is 26.2 Å². The van der Waals surface area contributed by atoms with Gasteiger partial charge in [-0.2, -0.15) is 0 Å². The molecule has 1 aromatic heterocycles. The highest BCUT2D eigenvalue weighted by Crippen LogP contribution is 2.25. The fraction of sp³-hybridized carbons (Fsp3) is 0.312. The summed E-state index contributed by atoms with van der Waals surface area (Å²) < 4.78 is 13.0. The quantitative estimate of drug-likeness (QED) is 0.707. The third-order valence-electron chi connectivity index (χ3n) is 3.10. The van der Waals surface area contributed by atoms with Gasteiger partial charge in [-0.3, -0.25) is 4.98 Å². The molecule has 0 radical (unpaired) electrons. The lowest BCUT2D eigenvalue weighted by Gasteiger charge is -2.24. The second-order valence-electron chi connectivity index (χ2n) is 4.54. The maximum atomic E-state index is 13.0. The van der Waals surface area contributed by atoms with Gasteiger partial charge in [0.25, 0.3) is 0 Å². The molecule has 1 heterocycles. The number of anilines is 2. The van der Waals surface area contributed by atoms with Gasteiger partial charge in [-0.25, -0.2) is 4.39 Å². The van der Waals surface area contributed by atoms with Gasteiger partial charge in [-0.15, -0.1) is 0 Å². The molecule has 0 fully saturated rings. The van der Waals surface area contributed by atoms with Crippen LogP contribution in [0, 0.1) is 5.82 Å². The highest BCUT2D eigenvalue weighted by molar-refractivity contribution is 5.62. The Morgan fingerprint density at radius 2 is 1.58 bits per heavy atom. The van der Waals surface area contributed by atoms with Gasteiger partial charge in [0.1, 0.15) is 5.82 Å². The molecule has 0 aliphatic heterocycles. The third-order valence-corrected chi connectivity index (χ3v) is 3.10. The standard InChI is InChI=1S/C16H19FN2/c1-2-3-4-13-19(16-9-11-18-12-10-16)15-7-5-14(17)6-8-15/h5-12H,2-4,13H2,1H3. The molecular formula is C16H19FN2. The fourth-order valence-electron chi connectivity index (χ4n) is 2.07. The van der Waals surface area contributed by atoms with Crippen molar-refractivity contribution in [2.75, 3.05) is 11.4 Å². The second-order valence-corrected chi connectivity index (χ2v) is 4.54. The first-order valence-corrected chi connectivity index (χ1v) is 6.74. The van der Waals surface area contributed by atoms with Gasteiger partial charge >= 0.3 is 0 Å². The van der Waals surface area contributed by atoms with Gasteiger partial charge < -0.3 is 4.90 Å². The van der Waals surface area contributed by atoms with Crippen LogP contribution in [0.15, 0.2) is 48.8 Å². The summed E-state index contributed by atoms with van der Waals surface area (Å²) in [5.41, 5.74) is 2.11. The summed E-state index contributed by atoms with van der Waals surface area (Å²) in [7, 11) is 0. The molecule has 100 valence electrons. The summed E-state index contributed by atoms with van der Waals surface area (Å²) >= 11 is 0. The van der Waals surface area contributed by atoms with Crippen LogP contribution in [0.3, 0.4) is 0 Å². The Hall–Kier alpha value is -1.90. The lowest BCUT2D eigenvalue weighted by Crippen LogP contribution is -2.18. The Morgan fingerprint density at radius 3 is 2.21 bits per heavy atom. The van der Waals surface area contributed by atoms with E-state index in [0.29, 0.717) is 0 Å². The molecule has 3 heteroatoms. The summed E-state index contributed by atoms with van der Waals surface area (Å²) in [5, 5.41) is 0. The van der Waals surface area contributed by atoms with Crippen molar-refractivity contribution in [2.24, 2.45) is 0 Å². The topological polar surface area (TPSA) is 16.1 Å². The van der Waals surface area contributed by atoms with Crippen LogP contribution in [-0.2, 0) is 0 Å². The predicted molar refractivity (Wildman–Crippen MR) is 77.2 cm³/mol. The lowest BCUT2D eigenvalue weighted by atomic mass is 10.2. The monoisotopic (exact) mass is 258 g/mol. The summed E-state index contributed by atoms with van der Waals surface area (Å²) in [5.74, 6) is -0.202. The van der Waals surface area contributed by atoms with Gasteiger partial charge in [-0.1, -0.05) is 19.8 Å². The Bertz CT molecular complexity index is 482. The summed E-state index contributed by atoms with van der Waals surface area (Å²) in [6.45, 7) is 3.12. The molecule has 0 saturated heterocycles. The van der Waals surface area contributed by atoms with Gasteiger partial charge in [0, 0.05) is 30.3 Å². The van der Waals surface area contributed by atoms with E-state index in [4.69, 9.17) is 0 Å². The molecule has 2 aromatic rings. The van der Waals surface area contributed by atoms with Crippen LogP contribution in [0.4, 0.5) is 15.8 Å². The Morgan fingerprint density at radius 1 is 0.947 bits per heavy atom. The van der Waals surface area contributed by atoms with Crippen molar-refractivity contribution in [1.29, 1.82) is 0 Å². The Labute approximate surface area is 113 Å². The molecule has 19 heavy (non-hydrogen) atoms. The molecule has 0 amide bonds. The van der Waals surface area contributed by atoms with Crippen molar-refractivity contribution < 1.29 is 4.39 Å². The van der Waals surface area contributed by atoms with E-state index in [1.54, 1.807) is 12.4 Å². The minimum absolute atomic E-state index is 0.202. The van der Waals surface area contributed by atoms with Crippen LogP contribution in [-0.4, -0.2) is 11.5 Å². The van der Waals surface area contributed by atoms with Crippen molar-refractivity contribution in [1.82, 2.24) is 4.98 Å². The van der Waals surface area contributed by atoms with E-state index in [2.05, 4.69) is 16.8 Å². The lowest BCUT2D eigenvalue weighted by molar-refractivity contribution is 0.627. The van der Waals surface area contributed by atoms with Crippen LogP contribution >= 0.6 is 0 Å². The first kappa shape index (κ1) is 13.5. The number of unbranched alkanes of at least 4 members (excludes halogenated alkanes) is 2. The molecule has 2 nitrogen and oxygen atoms in total. The molecule has 1 aromatic carbocycles. The average molecular weight is 258 g/mol. The van der Waals surface area contributed by atoms with Gasteiger partial charge in [0.05, 0.1) is 0 Å². The first-order valence-electron chi connectivity index (χ1n) is 6.74. The minimum Gasteiger partial charge on any atom is -0.341 e. The third kappa shape index (κ3) is 3.78. The average Bonchev–Trinajstić information content (AvgIpc) is 2.46. The zero-order chi connectivity index (χ0) is 13.5. The molecule has 2 rings (SSSR count). The number of pyridine rings is 1. The van der Waals surface area contributed by atoms with Crippen molar-refractivity contribution in [3.63, 3.8) is 0 Å². The number of benzene rings is 1. The summed E-state index contributed by atoms with van der Waals surface area (Å²) in [6.07, 6.45) is 7.07. The molecule has 0 aliphatic rings. The maximum absolute atomic E-state index is 13.0. The van der Waals surface area contributed by atoms with Gasteiger partial charge in [0.2, 0.25) is 0 Å². The van der Waals surface area contributed by atoms with Crippen LogP contribution < -0.4 is 4.90 Å². The van der Waals surface area contributed by atoms with Crippen LogP contribution in [0.2, 0.25) is 0 Å². The Kier molecular flexibility index (Phi) is 4.90. The van der Waals surface area contributed by atoms with Crippen molar-refractivity contribution in [3.8, 4) is 0 Å². The SMILES string of the molecule is CCCCCN(c1ccncc1)c1ccc(F)cc1. The highest BCUT2D eigenvalue weighted by atomic mass is 19.1. The number of nitrogens with zero attached hydrogens (tertiary/aromatic N) is 2. The smallest absolute Gasteiger partial charge is 0.123 e. The van der Waals surface area contributed by atoms with E-state index in [0.717, 1.165) is 24.3 Å². The summed E-state index contributed by atoms with van der Waals surface area (Å²) in [4.78, 5) is 6.25. The van der Waals surface area contributed by atoms with Crippen molar-refractivity contribution in [2.45, 2.75) is 26.2 Å². The van der Waals surface area contributed by atoms with Gasteiger partial charge in [-0.05, 0) is 42.8 Å². The van der Waals surface area contributed by atoms with Crippen molar-refractivity contribution in [3.05, 3.63) is 54.6 Å². The first-order chi connectivity index (χ1) is 9.31. The maximum Gasteiger partial charge on any atom is 0.123 e. The zero-order valence-electron chi connectivity index (χ0n) is 11.2. The minimum atomic E-state index is -0.202. The zero-order valence-corrected chi connectivity index (χ0v) is 11.2. The van der Waals surface area contributed by atoms with E-state index in [9.17, 15) is 4.39 Å². The number of hydrogen-bond donors (Lipinski definition) is 0. The van der Waals surface area contributed by atoms with E-state index in [-0.39, 0.29) is 5.82 Å². The molecule has 0 aliphatic carbocycles. The largest absolute Gasteiger partial charge is 0.341 e. The molecule has 0 unspecified atom stereocenters. The van der Waals surface area contributed by atoms with E-state index in [1.165, 1.54) is 25.0 Å². The molecular weight excluding hydrogens is 239 g/mol. The number of halogens is 1. The molecule has 0 spiro atoms. The normalized spacial score (nSPS) is 10.4. The number of hydrogen-bond acceptors (Lipinski definition) is 2. The molecule has 0 atom stereocenters. The van der Waals surface area contributed by atoms with Crippen LogP contribution in [0.5, 0.6) is 0 Å². The van der Waals surface area contributed by atoms with Gasteiger partial charge in [0.15, 0.2) is 0 Å². The second kappa shape index (κ2) is 6.88. The predicted octanol–water partition coefficient (Wildman–Crippen LogP) is 4.55. The Balaban J connectivity index is 2.21. The number of aromatic nitrogens is 1. The van der Waals surface area contributed by atoms with E-state index < -0.39 is 0 Å².